The Morgan fingerprint density at radius 3 is 2.55 bits per heavy atom. The molecule has 1 aliphatic heterocycles. The third kappa shape index (κ3) is 4.17. The van der Waals surface area contributed by atoms with Crippen LogP contribution < -0.4 is 15.0 Å². The number of nitrogens with one attached hydrogen (secondary N) is 1. The highest BCUT2D eigenvalue weighted by atomic mass is 32.2. The minimum absolute atomic E-state index is 0.0617. The van der Waals surface area contributed by atoms with Crippen LogP contribution in [0.5, 0.6) is 5.75 Å². The van der Waals surface area contributed by atoms with Crippen LogP contribution in [0.25, 0.3) is 10.8 Å². The van der Waals surface area contributed by atoms with Gasteiger partial charge in [0, 0.05) is 23.0 Å². The van der Waals surface area contributed by atoms with Crippen molar-refractivity contribution in [2.75, 3.05) is 23.1 Å². The molecule has 1 fully saturated rings. The number of anilines is 2. The lowest BCUT2D eigenvalue weighted by molar-refractivity contribution is -0.115. The minimum Gasteiger partial charge on any atom is -0.497 e. The van der Waals surface area contributed by atoms with Crippen LogP contribution in [0, 0.1) is 0 Å². The van der Waals surface area contributed by atoms with E-state index in [-0.39, 0.29) is 17.2 Å². The third-order valence-electron chi connectivity index (χ3n) is 5.69. The van der Waals surface area contributed by atoms with E-state index in [1.54, 1.807) is 23.8 Å². The summed E-state index contributed by atoms with van der Waals surface area (Å²) < 4.78 is 5.32. The summed E-state index contributed by atoms with van der Waals surface area (Å²) in [5.74, 6) is 1.04. The average molecular weight is 455 g/mol. The van der Waals surface area contributed by atoms with Crippen molar-refractivity contribution in [3.63, 3.8) is 0 Å². The summed E-state index contributed by atoms with van der Waals surface area (Å²) in [6.07, 6.45) is 0. The van der Waals surface area contributed by atoms with Gasteiger partial charge in [0.15, 0.2) is 0 Å². The van der Waals surface area contributed by atoms with Crippen LogP contribution in [0.4, 0.5) is 11.4 Å². The monoisotopic (exact) mass is 454 g/mol. The number of benzene rings is 4. The van der Waals surface area contributed by atoms with Crippen LogP contribution in [-0.2, 0) is 4.79 Å². The summed E-state index contributed by atoms with van der Waals surface area (Å²) in [5, 5.41) is 4.81. The van der Waals surface area contributed by atoms with E-state index in [0.717, 1.165) is 22.0 Å². The number of hydrogen-bond acceptors (Lipinski definition) is 4. The number of methoxy groups -OCH3 is 1. The first-order valence-electron chi connectivity index (χ1n) is 10.6. The van der Waals surface area contributed by atoms with E-state index in [9.17, 15) is 9.59 Å². The van der Waals surface area contributed by atoms with Crippen molar-refractivity contribution in [1.29, 1.82) is 0 Å². The predicted octanol–water partition coefficient (Wildman–Crippen LogP) is 5.88. The van der Waals surface area contributed by atoms with Gasteiger partial charge in [-0.3, -0.25) is 14.5 Å². The van der Waals surface area contributed by atoms with Gasteiger partial charge in [-0.05, 0) is 46.7 Å². The fourth-order valence-electron chi connectivity index (χ4n) is 4.06. The highest BCUT2D eigenvalue weighted by Gasteiger charge is 2.34. The smallest absolute Gasteiger partial charge is 0.256 e. The molecule has 0 radical (unpaired) electrons. The molecule has 0 aliphatic carbocycles. The highest BCUT2D eigenvalue weighted by molar-refractivity contribution is 8.00. The molecule has 1 saturated heterocycles. The number of hydrogen-bond donors (Lipinski definition) is 1. The molecule has 0 spiro atoms. The molecule has 1 heterocycles. The van der Waals surface area contributed by atoms with Gasteiger partial charge in [0.2, 0.25) is 5.91 Å². The molecule has 33 heavy (non-hydrogen) atoms. The van der Waals surface area contributed by atoms with E-state index in [1.165, 1.54) is 0 Å². The molecule has 1 atom stereocenters. The second-order valence-corrected chi connectivity index (χ2v) is 8.80. The van der Waals surface area contributed by atoms with Crippen molar-refractivity contribution in [3.8, 4) is 5.75 Å². The molecule has 1 unspecified atom stereocenters. The SMILES string of the molecule is COc1cccc(N2C(=O)CSC2c2ccc(NC(=O)c3cccc4ccccc34)cc2)c1. The van der Waals surface area contributed by atoms with Crippen molar-refractivity contribution in [2.45, 2.75) is 5.37 Å². The predicted molar refractivity (Wildman–Crippen MR) is 134 cm³/mol. The van der Waals surface area contributed by atoms with Crippen molar-refractivity contribution in [1.82, 2.24) is 0 Å². The van der Waals surface area contributed by atoms with Crippen molar-refractivity contribution < 1.29 is 14.3 Å². The zero-order valence-electron chi connectivity index (χ0n) is 18.0. The Kier molecular flexibility index (Phi) is 5.75. The maximum Gasteiger partial charge on any atom is 0.256 e. The second-order valence-electron chi connectivity index (χ2n) is 7.73. The van der Waals surface area contributed by atoms with E-state index in [2.05, 4.69) is 5.32 Å². The molecule has 1 aliphatic rings. The Morgan fingerprint density at radius 1 is 0.970 bits per heavy atom. The molecule has 1 N–H and O–H groups in total. The molecule has 5 rings (SSSR count). The standard InChI is InChI=1S/C27H22N2O3S/c1-32-22-9-5-8-21(16-22)29-25(30)17-33-27(29)19-12-14-20(15-13-19)28-26(31)24-11-4-7-18-6-2-3-10-23(18)24/h2-16,27H,17H2,1H3,(H,28,31). The van der Waals surface area contributed by atoms with Crippen LogP contribution in [0.2, 0.25) is 0 Å². The van der Waals surface area contributed by atoms with Gasteiger partial charge in [0.05, 0.1) is 12.9 Å². The maximum atomic E-state index is 12.9. The van der Waals surface area contributed by atoms with Crippen LogP contribution in [-0.4, -0.2) is 24.7 Å². The summed E-state index contributed by atoms with van der Waals surface area (Å²) in [5.41, 5.74) is 3.15. The summed E-state index contributed by atoms with van der Waals surface area (Å²) in [6, 6.07) is 28.8. The van der Waals surface area contributed by atoms with Crippen LogP contribution in [0.15, 0.2) is 91.0 Å². The summed E-state index contributed by atoms with van der Waals surface area (Å²) >= 11 is 1.59. The van der Waals surface area contributed by atoms with E-state index < -0.39 is 0 Å². The fraction of sp³-hybridized carbons (Fsp3) is 0.111. The Morgan fingerprint density at radius 2 is 1.73 bits per heavy atom. The number of ether oxygens (including phenoxy) is 1. The number of fused-ring (bicyclic) bond motifs is 1. The van der Waals surface area contributed by atoms with Crippen LogP contribution >= 0.6 is 11.8 Å². The first kappa shape index (κ1) is 21.1. The molecule has 0 saturated carbocycles. The van der Waals surface area contributed by atoms with Gasteiger partial charge in [-0.25, -0.2) is 0 Å². The van der Waals surface area contributed by atoms with Gasteiger partial charge >= 0.3 is 0 Å². The third-order valence-corrected chi connectivity index (χ3v) is 6.90. The van der Waals surface area contributed by atoms with Crippen molar-refractivity contribution in [2.24, 2.45) is 0 Å². The molecule has 2 amide bonds. The lowest BCUT2D eigenvalue weighted by Crippen LogP contribution is -2.27. The normalized spacial score (nSPS) is 15.6. The molecule has 6 heteroatoms. The zero-order chi connectivity index (χ0) is 22.8. The summed E-state index contributed by atoms with van der Waals surface area (Å²) in [6.45, 7) is 0. The van der Waals surface area contributed by atoms with Gasteiger partial charge in [-0.2, -0.15) is 0 Å². The van der Waals surface area contributed by atoms with E-state index in [0.29, 0.717) is 22.8 Å². The molecule has 164 valence electrons. The first-order chi connectivity index (χ1) is 16.1. The number of carbonyl (C=O) groups is 2. The molecule has 5 nitrogen and oxygen atoms in total. The van der Waals surface area contributed by atoms with E-state index >= 15 is 0 Å². The molecule has 4 aromatic rings. The summed E-state index contributed by atoms with van der Waals surface area (Å²) in [7, 11) is 1.61. The summed E-state index contributed by atoms with van der Waals surface area (Å²) in [4.78, 5) is 27.4. The second kappa shape index (κ2) is 9.00. The van der Waals surface area contributed by atoms with Gasteiger partial charge in [-0.1, -0.05) is 54.6 Å². The maximum absolute atomic E-state index is 12.9. The zero-order valence-corrected chi connectivity index (χ0v) is 18.8. The van der Waals surface area contributed by atoms with E-state index in [4.69, 9.17) is 4.74 Å². The molecule has 4 aromatic carbocycles. The largest absolute Gasteiger partial charge is 0.497 e. The number of carbonyl (C=O) groups excluding carboxylic acids is 2. The van der Waals surface area contributed by atoms with Crippen molar-refractivity contribution in [3.05, 3.63) is 102 Å². The Balaban J connectivity index is 1.36. The first-order valence-corrected chi connectivity index (χ1v) is 11.7. The van der Waals surface area contributed by atoms with Gasteiger partial charge < -0.3 is 10.1 Å². The van der Waals surface area contributed by atoms with E-state index in [1.807, 2.05) is 91.0 Å². The number of thioether (sulfide) groups is 1. The van der Waals surface area contributed by atoms with Gasteiger partial charge in [-0.15, -0.1) is 11.8 Å². The number of nitrogens with zero attached hydrogens (tertiary/aromatic N) is 1. The Hall–Kier alpha value is -3.77. The lowest BCUT2D eigenvalue weighted by atomic mass is 10.0. The van der Waals surface area contributed by atoms with Crippen molar-refractivity contribution >= 4 is 45.7 Å². The van der Waals surface area contributed by atoms with Gasteiger partial charge in [0.1, 0.15) is 11.1 Å². The van der Waals surface area contributed by atoms with Gasteiger partial charge in [0.25, 0.3) is 5.91 Å². The Labute approximate surface area is 196 Å². The lowest BCUT2D eigenvalue weighted by Gasteiger charge is -2.25. The molecule has 0 aromatic heterocycles. The fourth-order valence-corrected chi connectivity index (χ4v) is 5.24. The molecular formula is C27H22N2O3S. The molecule has 0 bridgehead atoms. The minimum atomic E-state index is -0.150. The topological polar surface area (TPSA) is 58.6 Å². The Bertz CT molecular complexity index is 1330. The highest BCUT2D eigenvalue weighted by Crippen LogP contribution is 2.42. The quantitative estimate of drug-likeness (QED) is 0.409. The van der Waals surface area contributed by atoms with Crippen LogP contribution in [0.3, 0.4) is 0 Å². The number of rotatable bonds is 5. The molecular weight excluding hydrogens is 432 g/mol. The number of amides is 2. The van der Waals surface area contributed by atoms with Crippen LogP contribution in [0.1, 0.15) is 21.3 Å². The average Bonchev–Trinajstić information content (AvgIpc) is 3.25.